The summed E-state index contributed by atoms with van der Waals surface area (Å²) in [4.78, 5) is 3.39. The molecule has 12 heavy (non-hydrogen) atoms. The molecule has 0 bridgehead atoms. The van der Waals surface area contributed by atoms with Gasteiger partial charge in [0.1, 0.15) is 11.5 Å². The molecule has 0 aromatic carbocycles. The van der Waals surface area contributed by atoms with Crippen LogP contribution in [0.2, 0.25) is 0 Å². The molecule has 0 rings (SSSR count). The maximum absolute atomic E-state index is 12.1. The van der Waals surface area contributed by atoms with Gasteiger partial charge >= 0.3 is 0 Å². The lowest BCUT2D eigenvalue weighted by Gasteiger charge is -2.01. The molecule has 0 amide bonds. The fourth-order valence-corrected chi connectivity index (χ4v) is 0.572. The molecule has 0 unspecified atom stereocenters. The number of alkyl halides is 2. The molecule has 0 N–H and O–H groups in total. The second-order valence-corrected chi connectivity index (χ2v) is 1.90. The molecule has 0 aliphatic heterocycles. The van der Waals surface area contributed by atoms with Gasteiger partial charge in [-0.1, -0.05) is 6.58 Å². The molecule has 68 valence electrons. The monoisotopic (exact) mass is 175 g/mol. The molecule has 0 aromatic heterocycles. The summed E-state index contributed by atoms with van der Waals surface area (Å²) in [6.45, 7) is 3.39. The molecule has 0 aliphatic rings. The van der Waals surface area contributed by atoms with Gasteiger partial charge in [-0.3, -0.25) is 4.99 Å². The Bertz CT molecular complexity index is 209. The first kappa shape index (κ1) is 10.8. The first-order valence-corrected chi connectivity index (χ1v) is 3.28. The number of hydrogen-bond donors (Lipinski definition) is 0. The van der Waals surface area contributed by atoms with E-state index in [4.69, 9.17) is 4.74 Å². The van der Waals surface area contributed by atoms with E-state index in [1.807, 2.05) is 0 Å². The van der Waals surface area contributed by atoms with E-state index in [1.54, 1.807) is 0 Å². The Morgan fingerprint density at radius 1 is 1.58 bits per heavy atom. The van der Waals surface area contributed by atoms with E-state index in [-0.39, 0.29) is 11.5 Å². The molecular formula is C8H11F2NO. The Morgan fingerprint density at radius 3 is 2.42 bits per heavy atom. The third-order valence-corrected chi connectivity index (χ3v) is 1.21. The van der Waals surface area contributed by atoms with Crippen LogP contribution in [-0.2, 0) is 4.74 Å². The van der Waals surface area contributed by atoms with Crippen LogP contribution in [0.1, 0.15) is 0 Å². The summed E-state index contributed by atoms with van der Waals surface area (Å²) < 4.78 is 28.8. The Labute approximate surface area is 70.3 Å². The van der Waals surface area contributed by atoms with Crippen molar-refractivity contribution in [3.8, 4) is 0 Å². The van der Waals surface area contributed by atoms with Crippen LogP contribution in [0.4, 0.5) is 8.78 Å². The highest BCUT2D eigenvalue weighted by atomic mass is 19.3. The van der Waals surface area contributed by atoms with Gasteiger partial charge < -0.3 is 4.74 Å². The molecule has 0 fully saturated rings. The van der Waals surface area contributed by atoms with Crippen molar-refractivity contribution in [1.82, 2.24) is 0 Å². The fourth-order valence-electron chi connectivity index (χ4n) is 0.572. The normalized spacial score (nSPS) is 13.4. The summed E-state index contributed by atoms with van der Waals surface area (Å²) in [5.41, 5.74) is -0.313. The predicted molar refractivity (Wildman–Crippen MR) is 44.7 cm³/mol. The van der Waals surface area contributed by atoms with Crippen LogP contribution in [0, 0.1) is 0 Å². The molecule has 0 saturated heterocycles. The molecule has 0 radical (unpaired) electrons. The largest absolute Gasteiger partial charge is 0.497 e. The summed E-state index contributed by atoms with van der Waals surface area (Å²) in [7, 11) is 2.68. The van der Waals surface area contributed by atoms with E-state index in [0.29, 0.717) is 0 Å². The van der Waals surface area contributed by atoms with E-state index >= 15 is 0 Å². The Balaban J connectivity index is 4.56. The van der Waals surface area contributed by atoms with Gasteiger partial charge in [-0.05, 0) is 6.08 Å². The summed E-state index contributed by atoms with van der Waals surface area (Å²) in [5, 5.41) is 0. The maximum Gasteiger partial charge on any atom is 0.280 e. The number of hydrogen-bond acceptors (Lipinski definition) is 2. The van der Waals surface area contributed by atoms with Crippen LogP contribution in [0.3, 0.4) is 0 Å². The number of aliphatic imine (C=N–C) groups is 1. The van der Waals surface area contributed by atoms with Crippen LogP contribution in [0.5, 0.6) is 0 Å². The van der Waals surface area contributed by atoms with Gasteiger partial charge in [0.2, 0.25) is 0 Å². The molecule has 0 aliphatic carbocycles. The van der Waals surface area contributed by atoms with Gasteiger partial charge in [-0.25, -0.2) is 8.78 Å². The lowest BCUT2D eigenvalue weighted by molar-refractivity contribution is 0.226. The number of methoxy groups -OCH3 is 1. The lowest BCUT2D eigenvalue weighted by atomic mass is 10.3. The molecule has 4 heteroatoms. The van der Waals surface area contributed by atoms with Crippen molar-refractivity contribution >= 4 is 5.71 Å². The second-order valence-electron chi connectivity index (χ2n) is 1.90. The van der Waals surface area contributed by atoms with Gasteiger partial charge in [0.25, 0.3) is 6.43 Å². The van der Waals surface area contributed by atoms with Crippen LogP contribution < -0.4 is 0 Å². The van der Waals surface area contributed by atoms with Crippen LogP contribution in [0.25, 0.3) is 0 Å². The average Bonchev–Trinajstić information content (AvgIpc) is 2.06. The number of nitrogens with zero attached hydrogens (tertiary/aromatic N) is 1. The van der Waals surface area contributed by atoms with Crippen LogP contribution in [-0.4, -0.2) is 26.3 Å². The highest BCUT2D eigenvalue weighted by Crippen LogP contribution is 2.03. The first-order valence-electron chi connectivity index (χ1n) is 3.28. The zero-order valence-corrected chi connectivity index (χ0v) is 7.05. The quantitative estimate of drug-likeness (QED) is 0.364. The van der Waals surface area contributed by atoms with Crippen molar-refractivity contribution in [2.75, 3.05) is 14.2 Å². The first-order chi connectivity index (χ1) is 5.65. The summed E-state index contributed by atoms with van der Waals surface area (Å²) >= 11 is 0. The Hall–Kier alpha value is -1.19. The van der Waals surface area contributed by atoms with Crippen molar-refractivity contribution in [3.05, 3.63) is 24.5 Å². The number of halogens is 2. The van der Waals surface area contributed by atoms with Crippen LogP contribution >= 0.6 is 0 Å². The smallest absolute Gasteiger partial charge is 0.280 e. The van der Waals surface area contributed by atoms with E-state index < -0.39 is 6.43 Å². The molecule has 0 saturated carbocycles. The SMILES string of the molecule is C=C/C(=C\C(=NC)C(F)F)OC. The maximum atomic E-state index is 12.1. The van der Waals surface area contributed by atoms with Crippen molar-refractivity contribution in [3.63, 3.8) is 0 Å². The highest BCUT2D eigenvalue weighted by Gasteiger charge is 2.09. The molecule has 2 nitrogen and oxygen atoms in total. The zero-order valence-electron chi connectivity index (χ0n) is 7.05. The fraction of sp³-hybridized carbons (Fsp3) is 0.375. The van der Waals surface area contributed by atoms with E-state index in [0.717, 1.165) is 6.08 Å². The van der Waals surface area contributed by atoms with Crippen molar-refractivity contribution in [1.29, 1.82) is 0 Å². The molecule has 0 spiro atoms. The minimum Gasteiger partial charge on any atom is -0.497 e. The number of ether oxygens (including phenoxy) is 1. The van der Waals surface area contributed by atoms with Gasteiger partial charge in [0, 0.05) is 13.1 Å². The van der Waals surface area contributed by atoms with Gasteiger partial charge in [-0.2, -0.15) is 0 Å². The third-order valence-electron chi connectivity index (χ3n) is 1.21. The van der Waals surface area contributed by atoms with Gasteiger partial charge in [0.15, 0.2) is 0 Å². The molecular weight excluding hydrogens is 164 g/mol. The van der Waals surface area contributed by atoms with Crippen molar-refractivity contribution in [2.24, 2.45) is 4.99 Å². The minimum absolute atomic E-state index is 0.274. The highest BCUT2D eigenvalue weighted by molar-refractivity contribution is 5.98. The van der Waals surface area contributed by atoms with E-state index in [9.17, 15) is 8.78 Å². The lowest BCUT2D eigenvalue weighted by Crippen LogP contribution is -2.07. The second kappa shape index (κ2) is 5.46. The van der Waals surface area contributed by atoms with Crippen molar-refractivity contribution < 1.29 is 13.5 Å². The molecule has 0 heterocycles. The van der Waals surface area contributed by atoms with Gasteiger partial charge in [0.05, 0.1) is 7.11 Å². The van der Waals surface area contributed by atoms with E-state index in [2.05, 4.69) is 11.6 Å². The molecule has 0 aromatic rings. The van der Waals surface area contributed by atoms with Gasteiger partial charge in [-0.15, -0.1) is 0 Å². The summed E-state index contributed by atoms with van der Waals surface area (Å²) in [6.07, 6.45) is -0.0919. The van der Waals surface area contributed by atoms with E-state index in [1.165, 1.54) is 20.2 Å². The average molecular weight is 175 g/mol. The van der Waals surface area contributed by atoms with Crippen molar-refractivity contribution in [2.45, 2.75) is 6.43 Å². The third kappa shape index (κ3) is 3.27. The minimum atomic E-state index is -2.58. The number of rotatable bonds is 4. The summed E-state index contributed by atoms with van der Waals surface area (Å²) in [5.74, 6) is 0.274. The molecule has 0 atom stereocenters. The van der Waals surface area contributed by atoms with Crippen LogP contribution in [0.15, 0.2) is 29.5 Å². The number of allylic oxidation sites excluding steroid dienone is 2. The predicted octanol–water partition coefficient (Wildman–Crippen LogP) is 2.04. The Morgan fingerprint density at radius 2 is 2.17 bits per heavy atom. The topological polar surface area (TPSA) is 21.6 Å². The zero-order chi connectivity index (χ0) is 9.56. The standard InChI is InChI=1S/C8H11F2NO/c1-4-6(12-3)5-7(11-2)8(9)10/h4-5,8H,1H2,2-3H3/b6-5+,11-7?. The Kier molecular flexibility index (Phi) is 4.92. The summed E-state index contributed by atoms with van der Waals surface area (Å²) in [6, 6.07) is 0.